The van der Waals surface area contributed by atoms with Crippen LogP contribution in [0, 0.1) is 5.82 Å². The minimum atomic E-state index is -0.262. The Kier molecular flexibility index (Phi) is 6.47. The second-order valence-corrected chi connectivity index (χ2v) is 7.77. The van der Waals surface area contributed by atoms with E-state index in [1.54, 1.807) is 28.9 Å². The summed E-state index contributed by atoms with van der Waals surface area (Å²) in [5, 5.41) is -0.234. The SMILES string of the molecule is CC(=O)N1CCN(C(=O)C(C)SCc2ccc(Br)cc2F)CC1. The van der Waals surface area contributed by atoms with E-state index >= 15 is 0 Å². The number of carbonyl (C=O) groups is 2. The van der Waals surface area contributed by atoms with Crippen molar-refractivity contribution in [2.75, 3.05) is 26.2 Å². The molecule has 0 bridgehead atoms. The predicted molar refractivity (Wildman–Crippen MR) is 93.7 cm³/mol. The number of hydrogen-bond donors (Lipinski definition) is 0. The minimum absolute atomic E-state index is 0.0465. The molecule has 2 amide bonds. The summed E-state index contributed by atoms with van der Waals surface area (Å²) in [7, 11) is 0. The van der Waals surface area contributed by atoms with E-state index in [1.807, 2.05) is 6.92 Å². The number of halogens is 2. The second kappa shape index (κ2) is 8.15. The number of hydrogen-bond acceptors (Lipinski definition) is 3. The van der Waals surface area contributed by atoms with Gasteiger partial charge in [-0.3, -0.25) is 9.59 Å². The summed E-state index contributed by atoms with van der Waals surface area (Å²) in [5.74, 6) is 0.293. The highest BCUT2D eigenvalue weighted by Crippen LogP contribution is 2.23. The lowest BCUT2D eigenvalue weighted by Gasteiger charge is -2.35. The lowest BCUT2D eigenvalue weighted by molar-refractivity contribution is -0.137. The molecule has 1 atom stereocenters. The van der Waals surface area contributed by atoms with Crippen LogP contribution in [0.3, 0.4) is 0 Å². The van der Waals surface area contributed by atoms with E-state index in [1.165, 1.54) is 17.8 Å². The van der Waals surface area contributed by atoms with E-state index in [9.17, 15) is 14.0 Å². The van der Waals surface area contributed by atoms with Crippen LogP contribution in [0.25, 0.3) is 0 Å². The van der Waals surface area contributed by atoms with E-state index in [2.05, 4.69) is 15.9 Å². The van der Waals surface area contributed by atoms with E-state index in [0.717, 1.165) is 0 Å². The lowest BCUT2D eigenvalue weighted by Crippen LogP contribution is -2.51. The first kappa shape index (κ1) is 18.3. The number of benzene rings is 1. The van der Waals surface area contributed by atoms with Gasteiger partial charge in [0.1, 0.15) is 5.82 Å². The molecule has 1 aromatic rings. The molecule has 2 rings (SSSR count). The van der Waals surface area contributed by atoms with Gasteiger partial charge in [-0.05, 0) is 24.6 Å². The standard InChI is InChI=1S/C16H20BrFN2O2S/c1-11(23-10-13-3-4-14(17)9-15(13)18)16(22)20-7-5-19(6-8-20)12(2)21/h3-4,9,11H,5-8,10H2,1-2H3. The number of nitrogens with zero attached hydrogens (tertiary/aromatic N) is 2. The Hall–Kier alpha value is -1.08. The summed E-state index contributed by atoms with van der Waals surface area (Å²) in [6.07, 6.45) is 0. The van der Waals surface area contributed by atoms with Gasteiger partial charge in [-0.2, -0.15) is 0 Å². The fraction of sp³-hybridized carbons (Fsp3) is 0.500. The molecule has 4 nitrogen and oxygen atoms in total. The first-order valence-electron chi connectivity index (χ1n) is 7.48. The maximum Gasteiger partial charge on any atom is 0.235 e. The van der Waals surface area contributed by atoms with Crippen molar-refractivity contribution >= 4 is 39.5 Å². The van der Waals surface area contributed by atoms with E-state index in [0.29, 0.717) is 42.0 Å². The zero-order chi connectivity index (χ0) is 17.0. The lowest BCUT2D eigenvalue weighted by atomic mass is 10.2. The molecular formula is C16H20BrFN2O2S. The zero-order valence-corrected chi connectivity index (χ0v) is 15.6. The summed E-state index contributed by atoms with van der Waals surface area (Å²) in [6.45, 7) is 5.69. The Morgan fingerprint density at radius 3 is 2.43 bits per heavy atom. The first-order chi connectivity index (χ1) is 10.9. The van der Waals surface area contributed by atoms with Crippen molar-refractivity contribution in [3.63, 3.8) is 0 Å². The highest BCUT2D eigenvalue weighted by Gasteiger charge is 2.26. The third-order valence-electron chi connectivity index (χ3n) is 3.89. The summed E-state index contributed by atoms with van der Waals surface area (Å²) in [4.78, 5) is 27.3. The van der Waals surface area contributed by atoms with Crippen LogP contribution in [-0.4, -0.2) is 53.0 Å². The highest BCUT2D eigenvalue weighted by atomic mass is 79.9. The maximum absolute atomic E-state index is 13.8. The van der Waals surface area contributed by atoms with Crippen LogP contribution < -0.4 is 0 Å². The molecule has 0 saturated carbocycles. The molecule has 1 unspecified atom stereocenters. The average Bonchev–Trinajstić information content (AvgIpc) is 2.53. The molecule has 7 heteroatoms. The molecule has 1 saturated heterocycles. The largest absolute Gasteiger partial charge is 0.339 e. The molecule has 1 heterocycles. The van der Waals surface area contributed by atoms with Crippen LogP contribution in [0.4, 0.5) is 4.39 Å². The van der Waals surface area contributed by atoms with Crippen LogP contribution in [0.5, 0.6) is 0 Å². The summed E-state index contributed by atoms with van der Waals surface area (Å²) >= 11 is 4.66. The molecular weight excluding hydrogens is 383 g/mol. The molecule has 0 N–H and O–H groups in total. The van der Waals surface area contributed by atoms with E-state index < -0.39 is 0 Å². The van der Waals surface area contributed by atoms with E-state index in [-0.39, 0.29) is 22.9 Å². The second-order valence-electron chi connectivity index (χ2n) is 5.52. The van der Waals surface area contributed by atoms with Gasteiger partial charge < -0.3 is 9.80 Å². The fourth-order valence-corrected chi connectivity index (χ4v) is 3.71. The number of rotatable bonds is 4. The molecule has 1 aliphatic rings. The van der Waals surface area contributed by atoms with Gasteiger partial charge in [0, 0.05) is 43.3 Å². The van der Waals surface area contributed by atoms with Crippen molar-refractivity contribution < 1.29 is 14.0 Å². The Bertz CT molecular complexity index is 591. The Labute approximate surface area is 148 Å². The molecule has 1 aromatic carbocycles. The summed E-state index contributed by atoms with van der Waals surface area (Å²) in [5.41, 5.74) is 0.597. The Morgan fingerprint density at radius 2 is 1.87 bits per heavy atom. The van der Waals surface area contributed by atoms with Crippen LogP contribution in [0.2, 0.25) is 0 Å². The molecule has 1 aliphatic heterocycles. The molecule has 0 aliphatic carbocycles. The zero-order valence-electron chi connectivity index (χ0n) is 13.2. The average molecular weight is 403 g/mol. The van der Waals surface area contributed by atoms with Crippen LogP contribution in [-0.2, 0) is 15.3 Å². The van der Waals surface area contributed by atoms with Gasteiger partial charge in [0.05, 0.1) is 5.25 Å². The van der Waals surface area contributed by atoms with Gasteiger partial charge in [-0.15, -0.1) is 11.8 Å². The molecule has 0 radical (unpaired) electrons. The van der Waals surface area contributed by atoms with Gasteiger partial charge in [-0.25, -0.2) is 4.39 Å². The number of piperazine rings is 1. The summed E-state index contributed by atoms with van der Waals surface area (Å²) in [6, 6.07) is 4.96. The number of amides is 2. The molecule has 126 valence electrons. The molecule has 0 spiro atoms. The monoisotopic (exact) mass is 402 g/mol. The normalized spacial score (nSPS) is 16.3. The highest BCUT2D eigenvalue weighted by molar-refractivity contribution is 9.10. The minimum Gasteiger partial charge on any atom is -0.339 e. The van der Waals surface area contributed by atoms with Gasteiger partial charge in [-0.1, -0.05) is 22.0 Å². The van der Waals surface area contributed by atoms with Gasteiger partial charge in [0.25, 0.3) is 0 Å². The predicted octanol–water partition coefficient (Wildman–Crippen LogP) is 2.90. The van der Waals surface area contributed by atoms with Crippen LogP contribution in [0.1, 0.15) is 19.4 Å². The maximum atomic E-state index is 13.8. The number of thioether (sulfide) groups is 1. The first-order valence-corrected chi connectivity index (χ1v) is 9.32. The fourth-order valence-electron chi connectivity index (χ4n) is 2.42. The van der Waals surface area contributed by atoms with Crippen LogP contribution in [0.15, 0.2) is 22.7 Å². The molecule has 0 aromatic heterocycles. The smallest absolute Gasteiger partial charge is 0.235 e. The van der Waals surface area contributed by atoms with E-state index in [4.69, 9.17) is 0 Å². The van der Waals surface area contributed by atoms with Crippen molar-refractivity contribution in [1.82, 2.24) is 9.80 Å². The van der Waals surface area contributed by atoms with Crippen molar-refractivity contribution in [3.8, 4) is 0 Å². The topological polar surface area (TPSA) is 40.6 Å². The van der Waals surface area contributed by atoms with Crippen molar-refractivity contribution in [1.29, 1.82) is 0 Å². The van der Waals surface area contributed by atoms with Gasteiger partial charge in [0.2, 0.25) is 11.8 Å². The van der Waals surface area contributed by atoms with Crippen molar-refractivity contribution in [2.24, 2.45) is 0 Å². The third kappa shape index (κ3) is 4.94. The molecule has 23 heavy (non-hydrogen) atoms. The molecule has 1 fully saturated rings. The van der Waals surface area contributed by atoms with Gasteiger partial charge >= 0.3 is 0 Å². The number of carbonyl (C=O) groups excluding carboxylic acids is 2. The Balaban J connectivity index is 1.84. The third-order valence-corrected chi connectivity index (χ3v) is 5.56. The van der Waals surface area contributed by atoms with Crippen molar-refractivity contribution in [3.05, 3.63) is 34.1 Å². The van der Waals surface area contributed by atoms with Crippen molar-refractivity contribution in [2.45, 2.75) is 24.9 Å². The quantitative estimate of drug-likeness (QED) is 0.777. The summed E-state index contributed by atoms with van der Waals surface area (Å²) < 4.78 is 14.5. The van der Waals surface area contributed by atoms with Crippen LogP contribution >= 0.6 is 27.7 Å². The van der Waals surface area contributed by atoms with Gasteiger partial charge in [0.15, 0.2) is 0 Å². The Morgan fingerprint density at radius 1 is 1.26 bits per heavy atom.